The van der Waals surface area contributed by atoms with Crippen LogP contribution in [0.25, 0.3) is 0 Å². The van der Waals surface area contributed by atoms with Crippen molar-refractivity contribution < 1.29 is 22.7 Å². The van der Waals surface area contributed by atoms with Crippen molar-refractivity contribution in [1.82, 2.24) is 10.9 Å². The molecule has 0 radical (unpaired) electrons. The van der Waals surface area contributed by atoms with Gasteiger partial charge in [-0.25, -0.2) is 19.3 Å². The molecule has 2 aromatic carbocycles. The Morgan fingerprint density at radius 2 is 1.90 bits per heavy atom. The molecular weight excluding hydrogens is 408 g/mol. The number of aryl methyl sites for hydroxylation is 1. The maximum absolute atomic E-state index is 12.7. The molecule has 4 N–H and O–H groups in total. The van der Waals surface area contributed by atoms with Gasteiger partial charge in [-0.2, -0.15) is 0 Å². The van der Waals surface area contributed by atoms with Crippen LogP contribution in [0.4, 0.5) is 11.4 Å². The molecule has 1 aliphatic heterocycles. The van der Waals surface area contributed by atoms with Crippen LogP contribution < -0.4 is 30.4 Å². The molecule has 162 valence electrons. The Labute approximate surface area is 176 Å². The number of hydrazine groups is 1. The maximum atomic E-state index is 12.7. The van der Waals surface area contributed by atoms with Crippen LogP contribution in [0.5, 0.6) is 11.5 Å². The highest BCUT2D eigenvalue weighted by molar-refractivity contribution is 7.93. The third kappa shape index (κ3) is 5.21. The van der Waals surface area contributed by atoms with Crippen LogP contribution in [-0.2, 0) is 14.8 Å². The average Bonchev–Trinajstić information content (AvgIpc) is 3.21. The third-order valence-corrected chi connectivity index (χ3v) is 6.18. The van der Waals surface area contributed by atoms with E-state index in [1.54, 1.807) is 36.4 Å². The minimum Gasteiger partial charge on any atom is -0.495 e. The summed E-state index contributed by atoms with van der Waals surface area (Å²) in [6, 6.07) is 11.3. The van der Waals surface area contributed by atoms with E-state index in [2.05, 4.69) is 20.9 Å². The fourth-order valence-electron chi connectivity index (χ4n) is 3.06. The first kappa shape index (κ1) is 21.9. The molecule has 9 nitrogen and oxygen atoms in total. The number of nitrogens with one attached hydrogen (secondary N) is 4. The van der Waals surface area contributed by atoms with Gasteiger partial charge in [0.1, 0.15) is 22.9 Å². The number of amides is 1. The van der Waals surface area contributed by atoms with Gasteiger partial charge in [0, 0.05) is 12.1 Å². The van der Waals surface area contributed by atoms with Crippen LogP contribution >= 0.6 is 0 Å². The van der Waals surface area contributed by atoms with Gasteiger partial charge >= 0.3 is 0 Å². The van der Waals surface area contributed by atoms with E-state index in [-0.39, 0.29) is 12.3 Å². The van der Waals surface area contributed by atoms with Gasteiger partial charge in [0.2, 0.25) is 15.9 Å². The minimum absolute atomic E-state index is 0.0618. The van der Waals surface area contributed by atoms with Crippen LogP contribution in [0, 0.1) is 6.92 Å². The maximum Gasteiger partial charge on any atom is 0.250 e. The van der Waals surface area contributed by atoms with Crippen LogP contribution in [-0.4, -0.2) is 39.5 Å². The van der Waals surface area contributed by atoms with E-state index in [4.69, 9.17) is 9.47 Å². The zero-order valence-electron chi connectivity index (χ0n) is 17.1. The van der Waals surface area contributed by atoms with E-state index in [0.29, 0.717) is 29.5 Å². The predicted molar refractivity (Wildman–Crippen MR) is 115 cm³/mol. The highest BCUT2D eigenvalue weighted by atomic mass is 32.2. The summed E-state index contributed by atoms with van der Waals surface area (Å²) in [6.45, 7) is 4.30. The second-order valence-electron chi connectivity index (χ2n) is 6.86. The van der Waals surface area contributed by atoms with E-state index in [0.717, 1.165) is 5.56 Å². The lowest BCUT2D eigenvalue weighted by molar-refractivity contribution is -0.117. The molecule has 2 unspecified atom stereocenters. The van der Waals surface area contributed by atoms with E-state index < -0.39 is 21.4 Å². The summed E-state index contributed by atoms with van der Waals surface area (Å²) < 4.78 is 38.5. The number of carbonyl (C=O) groups is 1. The second kappa shape index (κ2) is 9.33. The predicted octanol–water partition coefficient (Wildman–Crippen LogP) is 1.98. The smallest absolute Gasteiger partial charge is 0.250 e. The molecule has 2 aromatic rings. The number of hydrogen-bond donors (Lipinski definition) is 4. The highest BCUT2D eigenvalue weighted by Gasteiger charge is 2.37. The second-order valence-corrected chi connectivity index (χ2v) is 8.73. The van der Waals surface area contributed by atoms with E-state index >= 15 is 0 Å². The zero-order chi connectivity index (χ0) is 21.7. The molecule has 1 amide bonds. The minimum atomic E-state index is -3.77. The van der Waals surface area contributed by atoms with Crippen LogP contribution in [0.2, 0.25) is 0 Å². The molecule has 30 heavy (non-hydrogen) atoms. The lowest BCUT2D eigenvalue weighted by Crippen LogP contribution is -2.42. The van der Waals surface area contributed by atoms with Gasteiger partial charge in [0.05, 0.1) is 19.4 Å². The van der Waals surface area contributed by atoms with E-state index in [9.17, 15) is 13.2 Å². The third-order valence-electron chi connectivity index (χ3n) is 4.60. The van der Waals surface area contributed by atoms with Crippen molar-refractivity contribution >= 4 is 27.3 Å². The summed E-state index contributed by atoms with van der Waals surface area (Å²) in [5.74, 6) is 0.829. The monoisotopic (exact) mass is 434 g/mol. The molecule has 2 atom stereocenters. The van der Waals surface area contributed by atoms with Gasteiger partial charge < -0.3 is 14.8 Å². The molecule has 0 bridgehead atoms. The van der Waals surface area contributed by atoms with Crippen LogP contribution in [0.3, 0.4) is 0 Å². The number of benzene rings is 2. The fraction of sp³-hybridized carbons (Fsp3) is 0.350. The number of methoxy groups -OCH3 is 1. The van der Waals surface area contributed by atoms with Gasteiger partial charge in [0.15, 0.2) is 0 Å². The molecular formula is C20H26N4O5S. The molecule has 3 rings (SSSR count). The molecule has 0 aliphatic carbocycles. The summed E-state index contributed by atoms with van der Waals surface area (Å²) in [6.07, 6.45) is 0.0618. The number of hydrogen-bond acceptors (Lipinski definition) is 7. The van der Waals surface area contributed by atoms with Crippen molar-refractivity contribution in [2.24, 2.45) is 0 Å². The Kier molecular flexibility index (Phi) is 6.80. The Morgan fingerprint density at radius 1 is 1.17 bits per heavy atom. The van der Waals surface area contributed by atoms with Crippen molar-refractivity contribution in [2.75, 3.05) is 23.8 Å². The largest absolute Gasteiger partial charge is 0.495 e. The molecule has 10 heteroatoms. The summed E-state index contributed by atoms with van der Waals surface area (Å²) in [5.41, 5.74) is 7.35. The van der Waals surface area contributed by atoms with Crippen LogP contribution in [0.15, 0.2) is 42.5 Å². The summed E-state index contributed by atoms with van der Waals surface area (Å²) in [7, 11) is -2.25. The van der Waals surface area contributed by atoms with Crippen molar-refractivity contribution in [3.63, 3.8) is 0 Å². The van der Waals surface area contributed by atoms with E-state index in [1.165, 1.54) is 7.11 Å². The van der Waals surface area contributed by atoms with Gasteiger partial charge in [0.25, 0.3) is 0 Å². The Morgan fingerprint density at radius 3 is 2.57 bits per heavy atom. The van der Waals surface area contributed by atoms with Crippen molar-refractivity contribution in [2.45, 2.75) is 31.7 Å². The van der Waals surface area contributed by atoms with Crippen molar-refractivity contribution in [3.05, 3.63) is 48.0 Å². The molecule has 1 saturated heterocycles. The summed E-state index contributed by atoms with van der Waals surface area (Å²) in [5, 5.41) is 1.82. The lowest BCUT2D eigenvalue weighted by atomic mass is 10.2. The van der Waals surface area contributed by atoms with Crippen molar-refractivity contribution in [3.8, 4) is 11.5 Å². The first-order valence-corrected chi connectivity index (χ1v) is 11.1. The molecule has 0 aromatic heterocycles. The molecule has 0 saturated carbocycles. The Bertz CT molecular complexity index is 995. The zero-order valence-corrected chi connectivity index (χ0v) is 17.9. The summed E-state index contributed by atoms with van der Waals surface area (Å²) >= 11 is 0. The number of ether oxygens (including phenoxy) is 2. The topological polar surface area (TPSA) is 118 Å². The summed E-state index contributed by atoms with van der Waals surface area (Å²) in [4.78, 5) is 12.6. The standard InChI is InChI=1S/C20H26N4O5S/c1-4-29-15-8-6-14(7-9-15)24-30(26,27)19-12-17(22-23-19)20(25)21-16-11-13(2)5-10-18(16)28-3/h5-11,17,19,22-24H,4,12H2,1-3H3,(H,21,25). The van der Waals surface area contributed by atoms with Gasteiger partial charge in [-0.3, -0.25) is 9.52 Å². The molecule has 1 heterocycles. The molecule has 1 aliphatic rings. The number of rotatable bonds is 8. The number of anilines is 2. The van der Waals surface area contributed by atoms with Gasteiger partial charge in [-0.1, -0.05) is 6.07 Å². The average molecular weight is 435 g/mol. The quantitative estimate of drug-likeness (QED) is 0.502. The SMILES string of the molecule is CCOc1ccc(NS(=O)(=O)C2CC(C(=O)Nc3cc(C)ccc3OC)NN2)cc1. The normalized spacial score (nSPS) is 18.6. The number of carbonyl (C=O) groups excluding carboxylic acids is 1. The Hall–Kier alpha value is -2.82. The first-order valence-electron chi connectivity index (χ1n) is 9.53. The lowest BCUT2D eigenvalue weighted by Gasteiger charge is -2.14. The van der Waals surface area contributed by atoms with Crippen LogP contribution in [0.1, 0.15) is 18.9 Å². The Balaban J connectivity index is 1.62. The molecule has 1 fully saturated rings. The van der Waals surface area contributed by atoms with Crippen molar-refractivity contribution in [1.29, 1.82) is 0 Å². The highest BCUT2D eigenvalue weighted by Crippen LogP contribution is 2.26. The van der Waals surface area contributed by atoms with Gasteiger partial charge in [-0.05, 0) is 55.8 Å². The van der Waals surface area contributed by atoms with Gasteiger partial charge in [-0.15, -0.1) is 0 Å². The fourth-order valence-corrected chi connectivity index (χ4v) is 4.34. The first-order chi connectivity index (χ1) is 14.3. The van der Waals surface area contributed by atoms with E-state index in [1.807, 2.05) is 19.9 Å². The number of sulfonamides is 1. The molecule has 0 spiro atoms.